The molecule has 0 radical (unpaired) electrons. The second-order valence-electron chi connectivity index (χ2n) is 3.86. The molecule has 0 aromatic heterocycles. The summed E-state index contributed by atoms with van der Waals surface area (Å²) < 4.78 is 6.20. The highest BCUT2D eigenvalue weighted by atomic mass is 79.9. The summed E-state index contributed by atoms with van der Waals surface area (Å²) in [5, 5.41) is 0. The first kappa shape index (κ1) is 14.0. The average molecular weight is 300 g/mol. The molecule has 0 aliphatic rings. The maximum Gasteiger partial charge on any atom is 0.164 e. The van der Waals surface area contributed by atoms with Crippen LogP contribution in [0.2, 0.25) is 0 Å². The van der Waals surface area contributed by atoms with Gasteiger partial charge in [-0.15, -0.1) is 0 Å². The fourth-order valence-electron chi connectivity index (χ4n) is 1.50. The van der Waals surface area contributed by atoms with Crippen LogP contribution >= 0.6 is 15.9 Å². The van der Waals surface area contributed by atoms with Crippen LogP contribution < -0.4 is 10.5 Å². The average Bonchev–Trinajstić information content (AvgIpc) is 2.31. The van der Waals surface area contributed by atoms with E-state index in [4.69, 9.17) is 10.5 Å². The van der Waals surface area contributed by atoms with E-state index in [0.29, 0.717) is 34.5 Å². The molecule has 0 aliphatic carbocycles. The summed E-state index contributed by atoms with van der Waals surface area (Å²) in [4.78, 5) is 11.8. The van der Waals surface area contributed by atoms with Gasteiger partial charge in [-0.3, -0.25) is 4.79 Å². The van der Waals surface area contributed by atoms with E-state index in [1.54, 1.807) is 12.1 Å². The van der Waals surface area contributed by atoms with Crippen molar-refractivity contribution in [3.05, 3.63) is 22.2 Å². The number of nitrogens with two attached hydrogens (primary N) is 1. The van der Waals surface area contributed by atoms with Gasteiger partial charge in [0.2, 0.25) is 0 Å². The van der Waals surface area contributed by atoms with Crippen molar-refractivity contribution in [1.29, 1.82) is 0 Å². The third-order valence-corrected chi connectivity index (χ3v) is 3.20. The molecule has 94 valence electrons. The van der Waals surface area contributed by atoms with Crippen LogP contribution in [0.15, 0.2) is 16.6 Å². The van der Waals surface area contributed by atoms with Gasteiger partial charge in [0.25, 0.3) is 0 Å². The third kappa shape index (κ3) is 3.46. The lowest BCUT2D eigenvalue weighted by Gasteiger charge is -2.11. The Balaban J connectivity index is 2.97. The number of rotatable bonds is 6. The number of ether oxygens (including phenoxy) is 1. The van der Waals surface area contributed by atoms with Gasteiger partial charge in [0.15, 0.2) is 5.78 Å². The van der Waals surface area contributed by atoms with Crippen LogP contribution in [0.4, 0.5) is 5.69 Å². The number of carbonyl (C=O) groups is 1. The van der Waals surface area contributed by atoms with Crippen molar-refractivity contribution in [1.82, 2.24) is 0 Å². The Labute approximate surface area is 110 Å². The van der Waals surface area contributed by atoms with Crippen LogP contribution in [0.1, 0.15) is 43.5 Å². The van der Waals surface area contributed by atoms with E-state index in [1.165, 1.54) is 0 Å². The number of carbonyl (C=O) groups excluding carboxylic acids is 1. The molecule has 1 rings (SSSR count). The molecule has 0 aliphatic heterocycles. The number of Topliss-reactive ketones (excluding diaryl/α,β-unsaturated/α-hetero) is 1. The molecule has 0 saturated carbocycles. The molecule has 1 aromatic carbocycles. The fourth-order valence-corrected chi connectivity index (χ4v) is 1.96. The van der Waals surface area contributed by atoms with Crippen molar-refractivity contribution in [3.63, 3.8) is 0 Å². The monoisotopic (exact) mass is 299 g/mol. The molecular formula is C13H18BrNO2. The lowest BCUT2D eigenvalue weighted by Crippen LogP contribution is -2.05. The van der Waals surface area contributed by atoms with Gasteiger partial charge in [0, 0.05) is 12.0 Å². The molecule has 0 unspecified atom stereocenters. The van der Waals surface area contributed by atoms with Gasteiger partial charge in [0.05, 0.1) is 16.8 Å². The molecule has 0 spiro atoms. The Morgan fingerprint density at radius 1 is 1.35 bits per heavy atom. The minimum Gasteiger partial charge on any atom is -0.492 e. The molecule has 0 atom stereocenters. The summed E-state index contributed by atoms with van der Waals surface area (Å²) in [5.41, 5.74) is 6.98. The molecule has 2 N–H and O–H groups in total. The van der Waals surface area contributed by atoms with E-state index < -0.39 is 0 Å². The molecule has 0 heterocycles. The number of nitrogen functional groups attached to an aromatic ring is 1. The van der Waals surface area contributed by atoms with Crippen LogP contribution in [0, 0.1) is 0 Å². The largest absolute Gasteiger partial charge is 0.492 e. The first-order valence-electron chi connectivity index (χ1n) is 5.85. The predicted molar refractivity (Wildman–Crippen MR) is 73.6 cm³/mol. The summed E-state index contributed by atoms with van der Waals surface area (Å²) in [5.74, 6) is 0.769. The van der Waals surface area contributed by atoms with Crippen molar-refractivity contribution in [2.45, 2.75) is 33.1 Å². The van der Waals surface area contributed by atoms with E-state index in [9.17, 15) is 4.79 Å². The topological polar surface area (TPSA) is 52.3 Å². The van der Waals surface area contributed by atoms with Crippen molar-refractivity contribution in [2.24, 2.45) is 0 Å². The minimum atomic E-state index is 0.0766. The van der Waals surface area contributed by atoms with Gasteiger partial charge < -0.3 is 10.5 Å². The Bertz CT molecular complexity index is 405. The Morgan fingerprint density at radius 3 is 2.65 bits per heavy atom. The zero-order valence-electron chi connectivity index (χ0n) is 10.3. The molecule has 0 fully saturated rings. The molecule has 0 saturated heterocycles. The number of hydrogen-bond donors (Lipinski definition) is 1. The minimum absolute atomic E-state index is 0.0766. The van der Waals surface area contributed by atoms with Gasteiger partial charge in [0.1, 0.15) is 5.75 Å². The molecule has 0 amide bonds. The van der Waals surface area contributed by atoms with Crippen molar-refractivity contribution in [2.75, 3.05) is 12.3 Å². The zero-order valence-corrected chi connectivity index (χ0v) is 11.8. The van der Waals surface area contributed by atoms with Crippen LogP contribution in [-0.4, -0.2) is 12.4 Å². The Hall–Kier alpha value is -1.03. The van der Waals surface area contributed by atoms with E-state index in [-0.39, 0.29) is 5.78 Å². The van der Waals surface area contributed by atoms with Gasteiger partial charge in [-0.05, 0) is 40.9 Å². The lowest BCUT2D eigenvalue weighted by molar-refractivity contribution is 0.0982. The molecule has 1 aromatic rings. The third-order valence-electron chi connectivity index (χ3n) is 2.38. The first-order valence-corrected chi connectivity index (χ1v) is 6.65. The summed E-state index contributed by atoms with van der Waals surface area (Å²) in [6.07, 6.45) is 2.28. The maximum atomic E-state index is 11.8. The van der Waals surface area contributed by atoms with E-state index in [1.807, 2.05) is 13.8 Å². The summed E-state index contributed by atoms with van der Waals surface area (Å²) in [6, 6.07) is 3.53. The SMILES string of the molecule is CCCOc1ccc(C(=O)CCC)c(N)c1Br. The highest BCUT2D eigenvalue weighted by Crippen LogP contribution is 2.34. The van der Waals surface area contributed by atoms with Crippen LogP contribution in [-0.2, 0) is 0 Å². The van der Waals surface area contributed by atoms with Gasteiger partial charge in [-0.2, -0.15) is 0 Å². The fraction of sp³-hybridized carbons (Fsp3) is 0.462. The second-order valence-corrected chi connectivity index (χ2v) is 4.65. The van der Waals surface area contributed by atoms with Crippen LogP contribution in [0.5, 0.6) is 5.75 Å². The zero-order chi connectivity index (χ0) is 12.8. The number of benzene rings is 1. The number of anilines is 1. The van der Waals surface area contributed by atoms with Gasteiger partial charge in [-0.1, -0.05) is 13.8 Å². The highest BCUT2D eigenvalue weighted by Gasteiger charge is 2.14. The van der Waals surface area contributed by atoms with Crippen molar-refractivity contribution < 1.29 is 9.53 Å². The first-order chi connectivity index (χ1) is 8.11. The number of ketones is 1. The lowest BCUT2D eigenvalue weighted by atomic mass is 10.0. The predicted octanol–water partition coefficient (Wildman–Crippen LogP) is 3.80. The number of halogens is 1. The standard InChI is InChI=1S/C13H18BrNO2/c1-3-5-10(16)9-6-7-11(17-8-4-2)12(14)13(9)15/h6-7H,3-5,8,15H2,1-2H3. The Morgan fingerprint density at radius 2 is 2.06 bits per heavy atom. The summed E-state index contributed by atoms with van der Waals surface area (Å²) in [7, 11) is 0. The summed E-state index contributed by atoms with van der Waals surface area (Å²) >= 11 is 3.38. The quantitative estimate of drug-likeness (QED) is 0.642. The van der Waals surface area contributed by atoms with E-state index in [2.05, 4.69) is 15.9 Å². The smallest absolute Gasteiger partial charge is 0.164 e. The van der Waals surface area contributed by atoms with Gasteiger partial charge >= 0.3 is 0 Å². The van der Waals surface area contributed by atoms with Crippen molar-refractivity contribution >= 4 is 27.4 Å². The maximum absolute atomic E-state index is 11.8. The van der Waals surface area contributed by atoms with Gasteiger partial charge in [-0.25, -0.2) is 0 Å². The molecule has 3 nitrogen and oxygen atoms in total. The molecule has 17 heavy (non-hydrogen) atoms. The second kappa shape index (κ2) is 6.64. The summed E-state index contributed by atoms with van der Waals surface area (Å²) in [6.45, 7) is 4.65. The number of hydrogen-bond acceptors (Lipinski definition) is 3. The van der Waals surface area contributed by atoms with E-state index >= 15 is 0 Å². The normalized spacial score (nSPS) is 10.3. The molecule has 4 heteroatoms. The van der Waals surface area contributed by atoms with Crippen molar-refractivity contribution in [3.8, 4) is 5.75 Å². The van der Waals surface area contributed by atoms with Crippen LogP contribution in [0.3, 0.4) is 0 Å². The highest BCUT2D eigenvalue weighted by molar-refractivity contribution is 9.10. The Kier molecular flexibility index (Phi) is 5.48. The van der Waals surface area contributed by atoms with Crippen LogP contribution in [0.25, 0.3) is 0 Å². The molecule has 0 bridgehead atoms. The molecular weight excluding hydrogens is 282 g/mol. The van der Waals surface area contributed by atoms with E-state index in [0.717, 1.165) is 12.8 Å².